The molecule has 120 valence electrons. The summed E-state index contributed by atoms with van der Waals surface area (Å²) in [5, 5.41) is 2.80. The average molecular weight is 310 g/mol. The van der Waals surface area contributed by atoms with E-state index >= 15 is 0 Å². The summed E-state index contributed by atoms with van der Waals surface area (Å²) in [6.45, 7) is 2.06. The lowest BCUT2D eigenvalue weighted by Crippen LogP contribution is -2.12. The summed E-state index contributed by atoms with van der Waals surface area (Å²) >= 11 is 0. The molecule has 5 heteroatoms. The molecule has 0 aliphatic carbocycles. The normalized spacial score (nSPS) is 10.7. The predicted octanol–water partition coefficient (Wildman–Crippen LogP) is 2.94. The third-order valence-electron chi connectivity index (χ3n) is 3.44. The number of carbonyl (C=O) groups excluding carboxylic acids is 1. The van der Waals surface area contributed by atoms with E-state index in [9.17, 15) is 4.79 Å². The van der Waals surface area contributed by atoms with Crippen LogP contribution in [0.3, 0.4) is 0 Å². The van der Waals surface area contributed by atoms with Crippen molar-refractivity contribution in [3.05, 3.63) is 53.7 Å². The number of aromatic nitrogens is 1. The van der Waals surface area contributed by atoms with Gasteiger partial charge in [0.1, 0.15) is 5.82 Å². The summed E-state index contributed by atoms with van der Waals surface area (Å²) in [5.74, 6) is 0.581. The molecule has 0 aliphatic heterocycles. The van der Waals surface area contributed by atoms with E-state index in [2.05, 4.69) is 17.2 Å². The van der Waals surface area contributed by atoms with Gasteiger partial charge < -0.3 is 16.0 Å². The van der Waals surface area contributed by atoms with Gasteiger partial charge in [-0.05, 0) is 42.3 Å². The van der Waals surface area contributed by atoms with Crippen molar-refractivity contribution in [2.24, 2.45) is 0 Å². The van der Waals surface area contributed by atoms with Gasteiger partial charge in [-0.1, -0.05) is 13.0 Å². The lowest BCUT2D eigenvalue weighted by atomic mass is 10.1. The third-order valence-corrected chi connectivity index (χ3v) is 3.44. The number of nitrogens with zero attached hydrogens (tertiary/aromatic N) is 2. The van der Waals surface area contributed by atoms with Crippen molar-refractivity contribution >= 4 is 29.2 Å². The molecule has 0 aliphatic rings. The van der Waals surface area contributed by atoms with Crippen molar-refractivity contribution in [2.45, 2.75) is 13.3 Å². The Morgan fingerprint density at radius 3 is 2.78 bits per heavy atom. The highest BCUT2D eigenvalue weighted by atomic mass is 16.1. The molecule has 1 aromatic heterocycles. The fourth-order valence-electron chi connectivity index (χ4n) is 2.20. The van der Waals surface area contributed by atoms with Crippen molar-refractivity contribution in [1.29, 1.82) is 0 Å². The Hall–Kier alpha value is -2.82. The van der Waals surface area contributed by atoms with Gasteiger partial charge in [0.05, 0.1) is 11.4 Å². The van der Waals surface area contributed by atoms with Gasteiger partial charge in [0, 0.05) is 31.9 Å². The molecule has 0 spiro atoms. The van der Waals surface area contributed by atoms with Crippen LogP contribution in [0, 0.1) is 0 Å². The minimum absolute atomic E-state index is 0.227. The van der Waals surface area contributed by atoms with Gasteiger partial charge in [-0.3, -0.25) is 4.79 Å². The summed E-state index contributed by atoms with van der Waals surface area (Å²) in [6, 6.07) is 9.42. The summed E-state index contributed by atoms with van der Waals surface area (Å²) < 4.78 is 0. The number of hydrogen-bond acceptors (Lipinski definition) is 4. The number of carbonyl (C=O) groups is 1. The van der Waals surface area contributed by atoms with Crippen LogP contribution in [0.5, 0.6) is 0 Å². The van der Waals surface area contributed by atoms with Crippen molar-refractivity contribution in [1.82, 2.24) is 4.98 Å². The average Bonchev–Trinajstić information content (AvgIpc) is 2.55. The number of nitrogens with two attached hydrogens (primary N) is 1. The second kappa shape index (κ2) is 7.45. The van der Waals surface area contributed by atoms with Crippen LogP contribution >= 0.6 is 0 Å². The van der Waals surface area contributed by atoms with Crippen LogP contribution in [0.15, 0.2) is 42.6 Å². The second-order valence-electron chi connectivity index (χ2n) is 5.41. The van der Waals surface area contributed by atoms with Gasteiger partial charge in [-0.15, -0.1) is 0 Å². The van der Waals surface area contributed by atoms with Gasteiger partial charge in [0.15, 0.2) is 0 Å². The molecule has 2 aromatic rings. The zero-order valence-electron chi connectivity index (χ0n) is 13.7. The molecule has 1 heterocycles. The van der Waals surface area contributed by atoms with Crippen LogP contribution in [-0.4, -0.2) is 25.0 Å². The molecule has 1 aromatic carbocycles. The molecular formula is C18H22N4O. The fraction of sp³-hybridized carbons (Fsp3) is 0.222. The van der Waals surface area contributed by atoms with Gasteiger partial charge in [-0.25, -0.2) is 4.98 Å². The van der Waals surface area contributed by atoms with E-state index in [1.54, 1.807) is 12.3 Å². The number of aryl methyl sites for hydroxylation is 1. The Bertz CT molecular complexity index is 723. The molecule has 0 bridgehead atoms. The van der Waals surface area contributed by atoms with E-state index in [4.69, 9.17) is 5.73 Å². The van der Waals surface area contributed by atoms with Crippen molar-refractivity contribution < 1.29 is 4.79 Å². The number of nitrogen functional groups attached to an aromatic ring is 1. The Labute approximate surface area is 136 Å². The first-order chi connectivity index (χ1) is 11.0. The maximum Gasteiger partial charge on any atom is 0.248 e. The standard InChI is InChI=1S/C18H22N4O/c1-4-13-7-9-16(15(19)12-13)21-17(23)10-8-14-6-5-11-20-18(14)22(2)3/h5-12H,4,19H2,1-3H3,(H,21,23)/b10-8+. The Morgan fingerprint density at radius 1 is 1.35 bits per heavy atom. The zero-order valence-corrected chi connectivity index (χ0v) is 13.7. The number of amides is 1. The van der Waals surface area contributed by atoms with Crippen LogP contribution in [0.2, 0.25) is 0 Å². The molecule has 2 rings (SSSR count). The zero-order chi connectivity index (χ0) is 16.8. The lowest BCUT2D eigenvalue weighted by Gasteiger charge is -2.13. The Morgan fingerprint density at radius 2 is 2.13 bits per heavy atom. The van der Waals surface area contributed by atoms with E-state index < -0.39 is 0 Å². The first-order valence-electron chi connectivity index (χ1n) is 7.51. The Kier molecular flexibility index (Phi) is 5.36. The largest absolute Gasteiger partial charge is 0.397 e. The highest BCUT2D eigenvalue weighted by molar-refractivity contribution is 6.03. The van der Waals surface area contributed by atoms with Crippen molar-refractivity contribution in [2.75, 3.05) is 30.0 Å². The number of rotatable bonds is 5. The first kappa shape index (κ1) is 16.5. The minimum Gasteiger partial charge on any atom is -0.397 e. The first-order valence-corrected chi connectivity index (χ1v) is 7.51. The maximum absolute atomic E-state index is 12.1. The van der Waals surface area contributed by atoms with E-state index in [1.807, 2.05) is 49.3 Å². The van der Waals surface area contributed by atoms with Crippen LogP contribution in [-0.2, 0) is 11.2 Å². The van der Waals surface area contributed by atoms with Gasteiger partial charge in [0.25, 0.3) is 0 Å². The SMILES string of the molecule is CCc1ccc(NC(=O)/C=C/c2cccnc2N(C)C)c(N)c1. The Balaban J connectivity index is 2.11. The third kappa shape index (κ3) is 4.32. The van der Waals surface area contributed by atoms with Crippen LogP contribution in [0.1, 0.15) is 18.1 Å². The van der Waals surface area contributed by atoms with Crippen molar-refractivity contribution in [3.63, 3.8) is 0 Å². The highest BCUT2D eigenvalue weighted by Crippen LogP contribution is 2.20. The molecule has 3 N–H and O–H groups in total. The molecule has 1 amide bonds. The molecule has 0 fully saturated rings. The maximum atomic E-state index is 12.1. The molecule has 23 heavy (non-hydrogen) atoms. The topological polar surface area (TPSA) is 71.2 Å². The molecule has 0 unspecified atom stereocenters. The predicted molar refractivity (Wildman–Crippen MR) is 96.5 cm³/mol. The number of pyridine rings is 1. The highest BCUT2D eigenvalue weighted by Gasteiger charge is 2.05. The molecule has 5 nitrogen and oxygen atoms in total. The number of anilines is 3. The smallest absolute Gasteiger partial charge is 0.248 e. The van der Waals surface area contributed by atoms with Crippen LogP contribution < -0.4 is 16.0 Å². The van der Waals surface area contributed by atoms with Crippen LogP contribution in [0.4, 0.5) is 17.2 Å². The lowest BCUT2D eigenvalue weighted by molar-refractivity contribution is -0.111. The monoisotopic (exact) mass is 310 g/mol. The fourth-order valence-corrected chi connectivity index (χ4v) is 2.20. The molecule has 0 saturated heterocycles. The number of nitrogens with one attached hydrogen (secondary N) is 1. The van der Waals surface area contributed by atoms with Gasteiger partial charge in [0.2, 0.25) is 5.91 Å². The summed E-state index contributed by atoms with van der Waals surface area (Å²) in [4.78, 5) is 18.3. The number of benzene rings is 1. The second-order valence-corrected chi connectivity index (χ2v) is 5.41. The van der Waals surface area contributed by atoms with E-state index in [0.717, 1.165) is 23.4 Å². The molecular weight excluding hydrogens is 288 g/mol. The molecule has 0 saturated carbocycles. The summed E-state index contributed by atoms with van der Waals surface area (Å²) in [7, 11) is 3.82. The number of hydrogen-bond donors (Lipinski definition) is 2. The van der Waals surface area contributed by atoms with E-state index in [-0.39, 0.29) is 5.91 Å². The van der Waals surface area contributed by atoms with Crippen LogP contribution in [0.25, 0.3) is 6.08 Å². The van der Waals surface area contributed by atoms with Gasteiger partial charge in [-0.2, -0.15) is 0 Å². The van der Waals surface area contributed by atoms with E-state index in [0.29, 0.717) is 11.4 Å². The summed E-state index contributed by atoms with van der Waals surface area (Å²) in [5.41, 5.74) is 9.17. The quantitative estimate of drug-likeness (QED) is 0.658. The molecule has 0 radical (unpaired) electrons. The van der Waals surface area contributed by atoms with Crippen molar-refractivity contribution in [3.8, 4) is 0 Å². The minimum atomic E-state index is -0.227. The van der Waals surface area contributed by atoms with Gasteiger partial charge >= 0.3 is 0 Å². The molecule has 0 atom stereocenters. The summed E-state index contributed by atoms with van der Waals surface area (Å²) in [6.07, 6.45) is 5.86. The van der Waals surface area contributed by atoms with E-state index in [1.165, 1.54) is 6.08 Å².